The minimum atomic E-state index is -3.34. The van der Waals surface area contributed by atoms with Crippen LogP contribution in [0, 0.1) is 5.82 Å². The molecule has 1 aromatic heterocycles. The Kier molecular flexibility index (Phi) is 6.70. The Morgan fingerprint density at radius 3 is 2.60 bits per heavy atom. The number of carbonyl (C=O) groups excluding carboxylic acids is 1. The third kappa shape index (κ3) is 4.77. The van der Waals surface area contributed by atoms with Gasteiger partial charge in [-0.1, -0.05) is 19.1 Å². The van der Waals surface area contributed by atoms with E-state index in [-0.39, 0.29) is 29.2 Å². The number of benzene rings is 1. The Bertz CT molecular complexity index is 1010. The van der Waals surface area contributed by atoms with Crippen LogP contribution in [0.5, 0.6) is 5.88 Å². The van der Waals surface area contributed by atoms with Gasteiger partial charge in [0, 0.05) is 13.0 Å². The highest BCUT2D eigenvalue weighted by Crippen LogP contribution is 2.22. The van der Waals surface area contributed by atoms with Gasteiger partial charge in [-0.15, -0.1) is 0 Å². The van der Waals surface area contributed by atoms with Crippen LogP contribution in [0.1, 0.15) is 38.4 Å². The lowest BCUT2D eigenvalue weighted by molar-refractivity contribution is -0.129. The first kappa shape index (κ1) is 22.1. The number of halogens is 1. The number of hydrogen-bond donors (Lipinski definition) is 0. The van der Waals surface area contributed by atoms with Crippen LogP contribution in [0.15, 0.2) is 35.5 Å². The number of amides is 1. The molecule has 1 aliphatic heterocycles. The SMILES string of the molecule is CCc1ncnc(OC2CCN(C(=O)Cc3ccc(S(=O)(=O)C(C)C)cc3)C2)c1F. The monoisotopic (exact) mass is 435 g/mol. The zero-order valence-corrected chi connectivity index (χ0v) is 18.2. The zero-order valence-electron chi connectivity index (χ0n) is 17.3. The van der Waals surface area contributed by atoms with E-state index in [2.05, 4.69) is 9.97 Å². The van der Waals surface area contributed by atoms with Gasteiger partial charge in [-0.3, -0.25) is 4.79 Å². The molecule has 1 saturated heterocycles. The number of sulfone groups is 1. The van der Waals surface area contributed by atoms with Crippen molar-refractivity contribution < 1.29 is 22.3 Å². The molecule has 3 rings (SSSR count). The number of hydrogen-bond acceptors (Lipinski definition) is 6. The first-order valence-corrected chi connectivity index (χ1v) is 11.5. The summed E-state index contributed by atoms with van der Waals surface area (Å²) in [6, 6.07) is 6.41. The van der Waals surface area contributed by atoms with Crippen LogP contribution in [0.25, 0.3) is 0 Å². The van der Waals surface area contributed by atoms with Crippen molar-refractivity contribution in [1.82, 2.24) is 14.9 Å². The highest BCUT2D eigenvalue weighted by Gasteiger charge is 2.29. The lowest BCUT2D eigenvalue weighted by atomic mass is 10.1. The number of aromatic nitrogens is 2. The van der Waals surface area contributed by atoms with Crippen LogP contribution in [0.4, 0.5) is 4.39 Å². The standard InChI is InChI=1S/C21H26FN3O4S/c1-4-18-20(22)21(24-13-23-18)29-16-9-10-25(12-16)19(26)11-15-5-7-17(8-6-15)30(27,28)14(2)3/h5-8,13-14,16H,4,9-12H2,1-3H3. The maximum absolute atomic E-state index is 14.3. The summed E-state index contributed by atoms with van der Waals surface area (Å²) < 4.78 is 44.3. The fourth-order valence-corrected chi connectivity index (χ4v) is 4.34. The molecule has 162 valence electrons. The van der Waals surface area contributed by atoms with Gasteiger partial charge in [-0.2, -0.15) is 9.37 Å². The van der Waals surface area contributed by atoms with Gasteiger partial charge in [0.25, 0.3) is 5.88 Å². The molecule has 1 atom stereocenters. The Hall–Kier alpha value is -2.55. The van der Waals surface area contributed by atoms with Crippen molar-refractivity contribution in [3.63, 3.8) is 0 Å². The van der Waals surface area contributed by atoms with E-state index in [4.69, 9.17) is 4.74 Å². The maximum Gasteiger partial charge on any atom is 0.254 e. The third-order valence-corrected chi connectivity index (χ3v) is 7.34. The first-order valence-electron chi connectivity index (χ1n) is 9.99. The minimum Gasteiger partial charge on any atom is -0.470 e. The molecule has 0 radical (unpaired) electrons. The van der Waals surface area contributed by atoms with Gasteiger partial charge in [0.05, 0.1) is 28.8 Å². The van der Waals surface area contributed by atoms with E-state index in [0.717, 1.165) is 5.56 Å². The van der Waals surface area contributed by atoms with Gasteiger partial charge in [0.1, 0.15) is 12.4 Å². The summed E-state index contributed by atoms with van der Waals surface area (Å²) in [7, 11) is -3.34. The molecule has 0 aliphatic carbocycles. The summed E-state index contributed by atoms with van der Waals surface area (Å²) >= 11 is 0. The van der Waals surface area contributed by atoms with Crippen molar-refractivity contribution in [2.45, 2.75) is 56.3 Å². The van der Waals surface area contributed by atoms with Crippen molar-refractivity contribution in [2.24, 2.45) is 0 Å². The number of rotatable bonds is 7. The number of likely N-dealkylation sites (tertiary alicyclic amines) is 1. The Labute approximate surface area is 176 Å². The molecule has 0 saturated carbocycles. The molecule has 0 N–H and O–H groups in total. The molecule has 1 amide bonds. The predicted octanol–water partition coefficient (Wildman–Crippen LogP) is 2.58. The number of aryl methyl sites for hydroxylation is 1. The van der Waals surface area contributed by atoms with E-state index < -0.39 is 20.9 Å². The molecule has 1 aromatic carbocycles. The van der Waals surface area contributed by atoms with Crippen molar-refractivity contribution in [1.29, 1.82) is 0 Å². The molecule has 0 bridgehead atoms. The van der Waals surface area contributed by atoms with Crippen LogP contribution in [0.2, 0.25) is 0 Å². The van der Waals surface area contributed by atoms with Gasteiger partial charge in [-0.25, -0.2) is 13.4 Å². The third-order valence-electron chi connectivity index (χ3n) is 5.17. The second-order valence-corrected chi connectivity index (χ2v) is 10.1. The predicted molar refractivity (Wildman–Crippen MR) is 109 cm³/mol. The second kappa shape index (κ2) is 9.07. The van der Waals surface area contributed by atoms with Crippen LogP contribution in [-0.4, -0.2) is 53.6 Å². The molecular weight excluding hydrogens is 409 g/mol. The van der Waals surface area contributed by atoms with Crippen molar-refractivity contribution in [3.8, 4) is 5.88 Å². The van der Waals surface area contributed by atoms with E-state index in [1.54, 1.807) is 37.8 Å². The lowest BCUT2D eigenvalue weighted by Crippen LogP contribution is -2.32. The van der Waals surface area contributed by atoms with Gasteiger partial charge >= 0.3 is 0 Å². The summed E-state index contributed by atoms with van der Waals surface area (Å²) in [4.78, 5) is 22.3. The summed E-state index contributed by atoms with van der Waals surface area (Å²) in [5.74, 6) is -0.720. The van der Waals surface area contributed by atoms with E-state index in [0.29, 0.717) is 31.6 Å². The molecule has 1 aliphatic rings. The molecule has 7 nitrogen and oxygen atoms in total. The second-order valence-electron chi connectivity index (χ2n) is 7.58. The maximum atomic E-state index is 14.3. The minimum absolute atomic E-state index is 0.0805. The topological polar surface area (TPSA) is 89.5 Å². The molecule has 2 aromatic rings. The van der Waals surface area contributed by atoms with Gasteiger partial charge in [-0.05, 0) is 38.0 Å². The fraction of sp³-hybridized carbons (Fsp3) is 0.476. The largest absolute Gasteiger partial charge is 0.470 e. The lowest BCUT2D eigenvalue weighted by Gasteiger charge is -2.17. The Morgan fingerprint density at radius 1 is 1.27 bits per heavy atom. The summed E-state index contributed by atoms with van der Waals surface area (Å²) in [5.41, 5.74) is 1.04. The van der Waals surface area contributed by atoms with Crippen molar-refractivity contribution in [3.05, 3.63) is 47.7 Å². The molecule has 2 heterocycles. The molecule has 30 heavy (non-hydrogen) atoms. The molecule has 0 spiro atoms. The zero-order chi connectivity index (χ0) is 21.9. The quantitative estimate of drug-likeness (QED) is 0.664. The van der Waals surface area contributed by atoms with E-state index in [1.165, 1.54) is 18.5 Å². The van der Waals surface area contributed by atoms with Crippen molar-refractivity contribution >= 4 is 15.7 Å². The van der Waals surface area contributed by atoms with Crippen molar-refractivity contribution in [2.75, 3.05) is 13.1 Å². The summed E-state index contributed by atoms with van der Waals surface area (Å²) in [6.45, 7) is 5.93. The van der Waals surface area contributed by atoms with Crippen LogP contribution < -0.4 is 4.74 Å². The summed E-state index contributed by atoms with van der Waals surface area (Å²) in [6.07, 6.45) is 2.13. The molecular formula is C21H26FN3O4S. The van der Waals surface area contributed by atoms with E-state index in [9.17, 15) is 17.6 Å². The van der Waals surface area contributed by atoms with E-state index in [1.807, 2.05) is 0 Å². The van der Waals surface area contributed by atoms with Crippen LogP contribution >= 0.6 is 0 Å². The average Bonchev–Trinajstić information content (AvgIpc) is 3.18. The normalized spacial score (nSPS) is 16.8. The molecule has 1 unspecified atom stereocenters. The molecule has 1 fully saturated rings. The average molecular weight is 436 g/mol. The highest BCUT2D eigenvalue weighted by molar-refractivity contribution is 7.92. The van der Waals surface area contributed by atoms with Gasteiger partial charge in [0.2, 0.25) is 11.7 Å². The number of nitrogens with zero attached hydrogens (tertiary/aromatic N) is 3. The van der Waals surface area contributed by atoms with Gasteiger partial charge < -0.3 is 9.64 Å². The summed E-state index contributed by atoms with van der Waals surface area (Å²) in [5, 5.41) is -0.500. The molecule has 9 heteroatoms. The van der Waals surface area contributed by atoms with Crippen LogP contribution in [-0.2, 0) is 27.5 Å². The number of ether oxygens (including phenoxy) is 1. The number of carbonyl (C=O) groups is 1. The van der Waals surface area contributed by atoms with Crippen LogP contribution in [0.3, 0.4) is 0 Å². The first-order chi connectivity index (χ1) is 14.2. The fourth-order valence-electron chi connectivity index (χ4n) is 3.28. The Morgan fingerprint density at radius 2 is 1.97 bits per heavy atom. The highest BCUT2D eigenvalue weighted by atomic mass is 32.2. The Balaban J connectivity index is 1.59. The van der Waals surface area contributed by atoms with E-state index >= 15 is 0 Å². The smallest absolute Gasteiger partial charge is 0.254 e. The van der Waals surface area contributed by atoms with Gasteiger partial charge in [0.15, 0.2) is 9.84 Å².